The largest absolute Gasteiger partial charge is 0.469 e. The Morgan fingerprint density at radius 3 is 2.77 bits per heavy atom. The predicted octanol–water partition coefficient (Wildman–Crippen LogP) is 0.783. The third kappa shape index (κ3) is 5.21. The van der Waals surface area contributed by atoms with Crippen molar-refractivity contribution in [3.63, 3.8) is 0 Å². The number of hydrogen-bond acceptors (Lipinski definition) is 4. The minimum absolute atomic E-state index is 0.126. The van der Waals surface area contributed by atoms with E-state index in [1.807, 2.05) is 18.9 Å². The smallest absolute Gasteiger partial charge is 0.307 e. The summed E-state index contributed by atoms with van der Waals surface area (Å²) >= 11 is 0. The van der Waals surface area contributed by atoms with E-state index in [4.69, 9.17) is 5.26 Å². The summed E-state index contributed by atoms with van der Waals surface area (Å²) in [6.07, 6.45) is 0.862. The molecule has 0 saturated carbocycles. The number of hydrogen-bond donors (Lipinski definition) is 0. The number of methoxy groups -OCH3 is 1. The Morgan fingerprint density at radius 1 is 1.69 bits per heavy atom. The molecule has 0 N–H and O–H groups in total. The summed E-state index contributed by atoms with van der Waals surface area (Å²) in [6.45, 7) is 2.63. The molecule has 0 aromatic carbocycles. The van der Waals surface area contributed by atoms with E-state index < -0.39 is 0 Å². The van der Waals surface area contributed by atoms with Gasteiger partial charge in [-0.2, -0.15) is 5.26 Å². The SMILES string of the molecule is COC(=O)CC(C)N(C)CCC#N. The lowest BCUT2D eigenvalue weighted by Gasteiger charge is -2.22. The standard InChI is InChI=1S/C9H16N2O2/c1-8(7-9(12)13-3)11(2)6-4-5-10/h8H,4,6-7H2,1-3H3. The van der Waals surface area contributed by atoms with Crippen LogP contribution in [-0.4, -0.2) is 37.6 Å². The van der Waals surface area contributed by atoms with E-state index in [0.29, 0.717) is 19.4 Å². The molecule has 0 radical (unpaired) electrons. The molecule has 0 fully saturated rings. The van der Waals surface area contributed by atoms with Crippen molar-refractivity contribution in [1.29, 1.82) is 5.26 Å². The van der Waals surface area contributed by atoms with Crippen molar-refractivity contribution in [3.05, 3.63) is 0 Å². The van der Waals surface area contributed by atoms with Crippen LogP contribution >= 0.6 is 0 Å². The zero-order valence-electron chi connectivity index (χ0n) is 8.41. The van der Waals surface area contributed by atoms with Crippen LogP contribution in [0.4, 0.5) is 0 Å². The first kappa shape index (κ1) is 11.9. The van der Waals surface area contributed by atoms with Crippen molar-refractivity contribution in [3.8, 4) is 6.07 Å². The molecule has 0 rings (SSSR count). The molecule has 0 aliphatic carbocycles. The van der Waals surface area contributed by atoms with Gasteiger partial charge in [-0.25, -0.2) is 0 Å². The molecule has 13 heavy (non-hydrogen) atoms. The average Bonchev–Trinajstić information content (AvgIpc) is 2.13. The van der Waals surface area contributed by atoms with Crippen LogP contribution in [0.15, 0.2) is 0 Å². The van der Waals surface area contributed by atoms with E-state index in [0.717, 1.165) is 0 Å². The van der Waals surface area contributed by atoms with E-state index in [1.165, 1.54) is 7.11 Å². The Morgan fingerprint density at radius 2 is 2.31 bits per heavy atom. The van der Waals surface area contributed by atoms with Gasteiger partial charge in [0.25, 0.3) is 0 Å². The van der Waals surface area contributed by atoms with Crippen LogP contribution in [-0.2, 0) is 9.53 Å². The number of esters is 1. The molecule has 74 valence electrons. The summed E-state index contributed by atoms with van der Waals surface area (Å²) in [7, 11) is 3.27. The maximum atomic E-state index is 10.9. The second-order valence-corrected chi connectivity index (χ2v) is 3.02. The van der Waals surface area contributed by atoms with Crippen molar-refractivity contribution < 1.29 is 9.53 Å². The molecule has 0 aromatic heterocycles. The van der Waals surface area contributed by atoms with Crippen molar-refractivity contribution in [2.24, 2.45) is 0 Å². The van der Waals surface area contributed by atoms with Gasteiger partial charge in [-0.05, 0) is 14.0 Å². The molecule has 0 heterocycles. The van der Waals surface area contributed by atoms with Gasteiger partial charge in [-0.15, -0.1) is 0 Å². The number of nitriles is 1. The fourth-order valence-corrected chi connectivity index (χ4v) is 0.927. The zero-order chi connectivity index (χ0) is 10.3. The Bertz CT molecular complexity index is 198. The maximum absolute atomic E-state index is 10.9. The van der Waals surface area contributed by atoms with Crippen LogP contribution in [0.2, 0.25) is 0 Å². The molecular weight excluding hydrogens is 168 g/mol. The van der Waals surface area contributed by atoms with Crippen molar-refractivity contribution in [2.75, 3.05) is 20.7 Å². The molecule has 0 amide bonds. The first-order valence-corrected chi connectivity index (χ1v) is 4.25. The Kier molecular flexibility index (Phi) is 5.90. The van der Waals surface area contributed by atoms with Gasteiger partial charge < -0.3 is 9.64 Å². The molecule has 4 heteroatoms. The van der Waals surface area contributed by atoms with E-state index in [2.05, 4.69) is 10.8 Å². The van der Waals surface area contributed by atoms with Gasteiger partial charge in [0.1, 0.15) is 0 Å². The minimum atomic E-state index is -0.212. The summed E-state index contributed by atoms with van der Waals surface area (Å²) in [6, 6.07) is 2.19. The second-order valence-electron chi connectivity index (χ2n) is 3.02. The molecule has 1 unspecified atom stereocenters. The van der Waals surface area contributed by atoms with Gasteiger partial charge in [-0.3, -0.25) is 4.79 Å². The topological polar surface area (TPSA) is 53.3 Å². The van der Waals surface area contributed by atoms with Gasteiger partial charge in [0, 0.05) is 19.0 Å². The monoisotopic (exact) mass is 184 g/mol. The van der Waals surface area contributed by atoms with Gasteiger partial charge in [-0.1, -0.05) is 0 Å². The lowest BCUT2D eigenvalue weighted by atomic mass is 10.2. The Labute approximate surface area is 79.1 Å². The van der Waals surface area contributed by atoms with E-state index in [1.54, 1.807) is 0 Å². The van der Waals surface area contributed by atoms with Crippen LogP contribution in [0.25, 0.3) is 0 Å². The fraction of sp³-hybridized carbons (Fsp3) is 0.778. The van der Waals surface area contributed by atoms with Gasteiger partial charge in [0.15, 0.2) is 0 Å². The lowest BCUT2D eigenvalue weighted by molar-refractivity contribution is -0.141. The fourth-order valence-electron chi connectivity index (χ4n) is 0.927. The third-order valence-corrected chi connectivity index (χ3v) is 2.02. The number of carbonyl (C=O) groups excluding carboxylic acids is 1. The van der Waals surface area contributed by atoms with Crippen LogP contribution in [0.3, 0.4) is 0 Å². The normalized spacial score (nSPS) is 12.2. The molecule has 1 atom stereocenters. The minimum Gasteiger partial charge on any atom is -0.469 e. The second kappa shape index (κ2) is 6.44. The summed E-state index contributed by atoms with van der Waals surface area (Å²) in [5.74, 6) is -0.212. The average molecular weight is 184 g/mol. The highest BCUT2D eigenvalue weighted by Crippen LogP contribution is 2.02. The van der Waals surface area contributed by atoms with Crippen molar-refractivity contribution >= 4 is 5.97 Å². The van der Waals surface area contributed by atoms with Crippen molar-refractivity contribution in [1.82, 2.24) is 4.90 Å². The molecule has 0 saturated heterocycles. The van der Waals surface area contributed by atoms with Crippen LogP contribution < -0.4 is 0 Å². The zero-order valence-corrected chi connectivity index (χ0v) is 8.41. The van der Waals surface area contributed by atoms with Crippen molar-refractivity contribution in [2.45, 2.75) is 25.8 Å². The summed E-state index contributed by atoms with van der Waals surface area (Å²) in [4.78, 5) is 12.9. The maximum Gasteiger partial charge on any atom is 0.307 e. The van der Waals surface area contributed by atoms with Crippen LogP contribution in [0.1, 0.15) is 19.8 Å². The van der Waals surface area contributed by atoms with Gasteiger partial charge in [0.05, 0.1) is 19.6 Å². The quantitative estimate of drug-likeness (QED) is 0.592. The van der Waals surface area contributed by atoms with E-state index >= 15 is 0 Å². The molecule has 0 bridgehead atoms. The highest BCUT2D eigenvalue weighted by Gasteiger charge is 2.13. The highest BCUT2D eigenvalue weighted by molar-refractivity contribution is 5.69. The lowest BCUT2D eigenvalue weighted by Crippen LogP contribution is -2.32. The molecule has 4 nitrogen and oxygen atoms in total. The number of rotatable bonds is 5. The third-order valence-electron chi connectivity index (χ3n) is 2.02. The summed E-state index contributed by atoms with van der Waals surface area (Å²) < 4.78 is 4.54. The summed E-state index contributed by atoms with van der Waals surface area (Å²) in [5.41, 5.74) is 0. The molecule has 0 aromatic rings. The predicted molar refractivity (Wildman–Crippen MR) is 49.0 cm³/mol. The van der Waals surface area contributed by atoms with E-state index in [9.17, 15) is 4.79 Å². The molecule has 0 aliphatic rings. The number of carbonyl (C=O) groups is 1. The molecule has 0 aliphatic heterocycles. The van der Waals surface area contributed by atoms with Gasteiger partial charge in [0.2, 0.25) is 0 Å². The first-order chi connectivity index (χ1) is 6.11. The number of ether oxygens (including phenoxy) is 1. The van der Waals surface area contributed by atoms with Crippen LogP contribution in [0.5, 0.6) is 0 Å². The Balaban J connectivity index is 3.76. The summed E-state index contributed by atoms with van der Waals surface area (Å²) in [5, 5.41) is 8.36. The Hall–Kier alpha value is -1.08. The first-order valence-electron chi connectivity index (χ1n) is 4.25. The van der Waals surface area contributed by atoms with E-state index in [-0.39, 0.29) is 12.0 Å². The van der Waals surface area contributed by atoms with Gasteiger partial charge >= 0.3 is 5.97 Å². The highest BCUT2D eigenvalue weighted by atomic mass is 16.5. The molecule has 0 spiro atoms. The number of nitrogens with zero attached hydrogens (tertiary/aromatic N) is 2. The van der Waals surface area contributed by atoms with Crippen LogP contribution in [0, 0.1) is 11.3 Å². The molecular formula is C9H16N2O2.